The lowest BCUT2D eigenvalue weighted by molar-refractivity contribution is -0.344. The quantitative estimate of drug-likeness (QED) is 0.109. The van der Waals surface area contributed by atoms with Crippen molar-refractivity contribution in [2.75, 3.05) is 13.2 Å². The molecule has 0 spiro atoms. The Morgan fingerprint density at radius 3 is 0.909 bits per heavy atom. The summed E-state index contributed by atoms with van der Waals surface area (Å²) in [5.74, 6) is 0. The largest absolute Gasteiger partial charge is 0.415 e. The van der Waals surface area contributed by atoms with E-state index >= 15 is 0 Å². The van der Waals surface area contributed by atoms with E-state index in [0.717, 1.165) is 0 Å². The smallest absolute Gasteiger partial charge is 0.187 e. The van der Waals surface area contributed by atoms with E-state index in [4.69, 9.17) is 49.6 Å². The monoisotopic (exact) mass is 918 g/mol. The van der Waals surface area contributed by atoms with Crippen molar-refractivity contribution in [3.63, 3.8) is 0 Å². The molecule has 2 aliphatic heterocycles. The Morgan fingerprint density at radius 1 is 0.291 bits per heavy atom. The van der Waals surface area contributed by atoms with E-state index in [-0.39, 0.29) is 0 Å². The van der Waals surface area contributed by atoms with Gasteiger partial charge < -0.3 is 49.6 Å². The molecule has 0 aromatic carbocycles. The van der Waals surface area contributed by atoms with Gasteiger partial charge in [0.2, 0.25) is 0 Å². The zero-order chi connectivity index (χ0) is 43.0. The first-order chi connectivity index (χ1) is 24.2. The molecule has 2 heterocycles. The van der Waals surface area contributed by atoms with Crippen molar-refractivity contribution in [2.45, 2.75) is 219 Å². The maximum atomic E-state index is 7.46. The summed E-state index contributed by atoms with van der Waals surface area (Å²) < 4.78 is 77.4. The molecular weight excluding hydrogens is 833 g/mol. The van der Waals surface area contributed by atoms with Gasteiger partial charge in [-0.1, -0.05) is 0 Å². The van der Waals surface area contributed by atoms with E-state index < -0.39 is 128 Å². The molecule has 11 nitrogen and oxygen atoms in total. The topological polar surface area (TPSA) is 102 Å². The SMILES string of the molecule is C[Si](C)(C)OC[C@H]1O[C@@H](O[C@H]2[C@H](O[Si](C)(C)C)[C@@H](O[Si](C)(C)C)C(O[Si](C)(C)C)O[C@@H]2CO[Si](C)(C)C)[C@H](O[Si](C)(C)C)[C@@H](O[Si](C)(C)C)[C@@H]1O[Si](C)(C)C. The maximum Gasteiger partial charge on any atom is 0.187 e. The van der Waals surface area contributed by atoms with Crippen molar-refractivity contribution in [2.24, 2.45) is 0 Å². The molecule has 10 atom stereocenters. The molecule has 0 aromatic heterocycles. The van der Waals surface area contributed by atoms with Crippen LogP contribution in [0.5, 0.6) is 0 Å². The van der Waals surface area contributed by atoms with Crippen molar-refractivity contribution < 1.29 is 49.6 Å². The summed E-state index contributed by atoms with van der Waals surface area (Å²) in [6.07, 6.45) is -5.61. The second kappa shape index (κ2) is 19.1. The van der Waals surface area contributed by atoms with E-state index in [1.54, 1.807) is 0 Å². The fourth-order valence-electron chi connectivity index (χ4n) is 6.26. The first kappa shape index (κ1) is 52.4. The molecule has 55 heavy (non-hydrogen) atoms. The van der Waals surface area contributed by atoms with E-state index in [1.165, 1.54) is 0 Å². The van der Waals surface area contributed by atoms with Gasteiger partial charge in [-0.3, -0.25) is 0 Å². The van der Waals surface area contributed by atoms with Crippen LogP contribution in [0.25, 0.3) is 0 Å². The Balaban J connectivity index is 2.93. The van der Waals surface area contributed by atoms with E-state index in [1.807, 2.05) is 0 Å². The van der Waals surface area contributed by atoms with Crippen LogP contribution in [0.15, 0.2) is 0 Å². The molecule has 2 rings (SSSR count). The third-order valence-electron chi connectivity index (χ3n) is 7.75. The van der Waals surface area contributed by atoms with Crippen molar-refractivity contribution in [1.82, 2.24) is 0 Å². The van der Waals surface area contributed by atoms with Crippen molar-refractivity contribution in [1.29, 1.82) is 0 Å². The van der Waals surface area contributed by atoms with Crippen LogP contribution in [0.3, 0.4) is 0 Å². The highest BCUT2D eigenvalue weighted by atomic mass is 28.4. The Labute approximate surface area is 346 Å². The average molecular weight is 920 g/mol. The maximum absolute atomic E-state index is 7.46. The molecule has 2 aliphatic rings. The standard InChI is InChI=1S/C36H86O11Si8/c1-48(2,3)37-25-27-29(31(43-51(10,11)12)34(46-54(19,20)21)36(40-27)47-55(22,23)24)41-35-33(45-53(16,17)18)32(44-52(13,14)15)30(42-50(7,8)9)28(39-35)26-38-49(4,5)6/h27-36H,25-26H2,1-24H3/t27-,28-,29-,30-,31+,32+,33-,34-,35+,36?/m1/s1. The predicted molar refractivity (Wildman–Crippen MR) is 246 cm³/mol. The second-order valence-electron chi connectivity index (χ2n) is 23.2. The lowest BCUT2D eigenvalue weighted by atomic mass is 9.97. The van der Waals surface area contributed by atoms with Crippen LogP contribution in [0, 0.1) is 0 Å². The van der Waals surface area contributed by atoms with Gasteiger partial charge in [-0.2, -0.15) is 0 Å². The molecule has 0 aliphatic carbocycles. The van der Waals surface area contributed by atoms with Crippen LogP contribution >= 0.6 is 0 Å². The van der Waals surface area contributed by atoms with Gasteiger partial charge in [-0.15, -0.1) is 0 Å². The minimum Gasteiger partial charge on any atom is -0.415 e. The molecule has 0 aromatic rings. The molecule has 328 valence electrons. The highest BCUT2D eigenvalue weighted by Gasteiger charge is 2.57. The highest BCUT2D eigenvalue weighted by Crippen LogP contribution is 2.39. The first-order valence-electron chi connectivity index (χ1n) is 20.5. The lowest BCUT2D eigenvalue weighted by Crippen LogP contribution is -2.70. The molecule has 0 radical (unpaired) electrons. The molecule has 0 amide bonds. The minimum absolute atomic E-state index is 0.321. The van der Waals surface area contributed by atoms with Crippen LogP contribution in [-0.4, -0.2) is 141 Å². The summed E-state index contributed by atoms with van der Waals surface area (Å²) in [7, 11) is -17.0. The Morgan fingerprint density at radius 2 is 0.564 bits per heavy atom. The Hall–Kier alpha value is 1.30. The van der Waals surface area contributed by atoms with Crippen molar-refractivity contribution >= 4 is 66.5 Å². The minimum atomic E-state index is -2.23. The third kappa shape index (κ3) is 20.6. The molecule has 0 N–H and O–H groups in total. The zero-order valence-corrected chi connectivity index (χ0v) is 47.7. The second-order valence-corrected chi connectivity index (χ2v) is 59.0. The Bertz CT molecular complexity index is 1180. The summed E-state index contributed by atoms with van der Waals surface area (Å²) in [4.78, 5) is 0. The molecule has 0 bridgehead atoms. The van der Waals surface area contributed by atoms with E-state index in [2.05, 4.69) is 157 Å². The molecule has 19 heteroatoms. The summed E-state index contributed by atoms with van der Waals surface area (Å²) in [5.41, 5.74) is 0. The molecule has 1 unspecified atom stereocenters. The van der Waals surface area contributed by atoms with Crippen LogP contribution in [-0.2, 0) is 49.6 Å². The molecular formula is C36H86O11Si8. The van der Waals surface area contributed by atoms with Gasteiger partial charge in [0, 0.05) is 0 Å². The predicted octanol–water partition coefficient (Wildman–Crippen LogP) is 9.48. The van der Waals surface area contributed by atoms with Gasteiger partial charge in [0.05, 0.1) is 13.2 Å². The van der Waals surface area contributed by atoms with Crippen LogP contribution < -0.4 is 0 Å². The third-order valence-corrected chi connectivity index (χ3v) is 15.7. The van der Waals surface area contributed by atoms with E-state index in [0.29, 0.717) is 13.2 Å². The first-order valence-corrected chi connectivity index (χ1v) is 47.8. The van der Waals surface area contributed by atoms with Crippen LogP contribution in [0.2, 0.25) is 157 Å². The normalized spacial score (nSPS) is 31.2. The van der Waals surface area contributed by atoms with Crippen molar-refractivity contribution in [3.8, 4) is 0 Å². The van der Waals surface area contributed by atoms with Gasteiger partial charge in [-0.05, 0) is 157 Å². The van der Waals surface area contributed by atoms with Crippen LogP contribution in [0.1, 0.15) is 0 Å². The Kier molecular flexibility index (Phi) is 18.2. The molecule has 2 fully saturated rings. The lowest BCUT2D eigenvalue weighted by Gasteiger charge is -2.54. The summed E-state index contributed by atoms with van der Waals surface area (Å²) in [6, 6.07) is 0. The summed E-state index contributed by atoms with van der Waals surface area (Å²) in [5, 5.41) is 0. The number of rotatable bonds is 20. The fraction of sp³-hybridized carbons (Fsp3) is 1.00. The number of ether oxygens (including phenoxy) is 3. The van der Waals surface area contributed by atoms with Gasteiger partial charge >= 0.3 is 0 Å². The zero-order valence-electron chi connectivity index (χ0n) is 39.7. The number of hydrogen-bond donors (Lipinski definition) is 0. The molecule has 0 saturated carbocycles. The van der Waals surface area contributed by atoms with Gasteiger partial charge in [-0.25, -0.2) is 0 Å². The highest BCUT2D eigenvalue weighted by molar-refractivity contribution is 6.72. The van der Waals surface area contributed by atoms with Gasteiger partial charge in [0.25, 0.3) is 0 Å². The van der Waals surface area contributed by atoms with E-state index in [9.17, 15) is 0 Å². The number of hydrogen-bond acceptors (Lipinski definition) is 11. The fourth-order valence-corrected chi connectivity index (χ4v) is 13.9. The van der Waals surface area contributed by atoms with Crippen LogP contribution in [0.4, 0.5) is 0 Å². The van der Waals surface area contributed by atoms with Gasteiger partial charge in [0.15, 0.2) is 79.1 Å². The average Bonchev–Trinajstić information content (AvgIpc) is 2.88. The van der Waals surface area contributed by atoms with Crippen molar-refractivity contribution in [3.05, 3.63) is 0 Å². The van der Waals surface area contributed by atoms with Gasteiger partial charge in [0.1, 0.15) is 48.8 Å². The summed E-state index contributed by atoms with van der Waals surface area (Å²) in [6.45, 7) is 53.5. The molecule has 2 saturated heterocycles. The summed E-state index contributed by atoms with van der Waals surface area (Å²) >= 11 is 0.